The van der Waals surface area contributed by atoms with Crippen molar-refractivity contribution in [3.8, 4) is 0 Å². The van der Waals surface area contributed by atoms with E-state index in [-0.39, 0.29) is 88.4 Å². The van der Waals surface area contributed by atoms with E-state index in [0.717, 1.165) is 25.7 Å². The molecule has 0 bridgehead atoms. The van der Waals surface area contributed by atoms with Crippen molar-refractivity contribution in [3.05, 3.63) is 0 Å². The summed E-state index contributed by atoms with van der Waals surface area (Å²) < 4.78 is 48.8. The zero-order valence-electron chi connectivity index (χ0n) is 28.2. The summed E-state index contributed by atoms with van der Waals surface area (Å²) in [5, 5.41) is 66.7. The van der Waals surface area contributed by atoms with Gasteiger partial charge in [0.2, 0.25) is 10.4 Å². The maximum Gasteiger partial charge on any atom is 1.00 e. The van der Waals surface area contributed by atoms with Gasteiger partial charge in [-0.15, -0.1) is 0 Å². The summed E-state index contributed by atoms with van der Waals surface area (Å²) in [7, 11) is -5.10. The minimum atomic E-state index is -5.10. The van der Waals surface area contributed by atoms with Crippen molar-refractivity contribution >= 4 is 10.4 Å². The topological polar surface area (TPSA) is 206 Å². The molecule has 1 heterocycles. The Balaban J connectivity index is 0.00000480. The second-order valence-electron chi connectivity index (χ2n) is 16.0. The molecule has 3 unspecified atom stereocenters. The largest absolute Gasteiger partial charge is 1.00 e. The standard InChI is InChI=1S/C32H56O12S.Na/c1-16(2)23(43-29-27(37)26(36)24(15-42-29)44-45(39,40)41)7-6-17(3)19-13-21(34)28-31(19,5)11-9-25-30(4)10-8-18(33)12-20(30)22(35)14-32(25,28)38;/h16-29,33-38H,6-15H2,1-5H3,(H,39,40,41);/q;+1/p-1/t17-,18+,19-,20+,21+,22+,23+,24-,25?,26+,27-,28?,29+,30+,31-,32?;/m1./s1. The zero-order valence-corrected chi connectivity index (χ0v) is 31.0. The summed E-state index contributed by atoms with van der Waals surface area (Å²) in [6, 6.07) is 0. The van der Waals surface area contributed by atoms with Gasteiger partial charge < -0.3 is 44.7 Å². The molecule has 0 aromatic heterocycles. The van der Waals surface area contributed by atoms with Crippen LogP contribution in [-0.4, -0.2) is 105 Å². The molecule has 1 saturated heterocycles. The first-order valence-electron chi connectivity index (χ1n) is 16.9. The van der Waals surface area contributed by atoms with Crippen LogP contribution in [-0.2, 0) is 24.1 Å². The zero-order chi connectivity index (χ0) is 33.3. The smallest absolute Gasteiger partial charge is 0.726 e. The van der Waals surface area contributed by atoms with Crippen molar-refractivity contribution in [2.45, 2.75) is 147 Å². The first-order chi connectivity index (χ1) is 20.8. The molecule has 0 amide bonds. The minimum Gasteiger partial charge on any atom is -0.726 e. The summed E-state index contributed by atoms with van der Waals surface area (Å²) in [4.78, 5) is 0. The maximum absolute atomic E-state index is 12.5. The minimum absolute atomic E-state index is 0. The maximum atomic E-state index is 12.5. The molecule has 4 aliphatic carbocycles. The van der Waals surface area contributed by atoms with E-state index in [2.05, 4.69) is 25.0 Å². The Bertz CT molecular complexity index is 1160. The SMILES string of the molecule is CC(C)[C@H](CC[C@@H](C)[C@H]1C[C@H](O)C2C3(O)C[C@H](O)[C@@H]4C[C@@H](O)CC[C@]4(C)C3CC[C@@]21C)O[C@@H]1OC[C@@H](OS(=O)(=O)[O-])[C@H](O)[C@H]1O.[Na+]. The van der Waals surface area contributed by atoms with Gasteiger partial charge in [0.05, 0.1) is 36.6 Å². The van der Waals surface area contributed by atoms with Crippen LogP contribution in [0.5, 0.6) is 0 Å². The van der Waals surface area contributed by atoms with Gasteiger partial charge in [-0.25, -0.2) is 8.42 Å². The molecule has 0 spiro atoms. The molecule has 0 aromatic rings. The van der Waals surface area contributed by atoms with Gasteiger partial charge in [-0.05, 0) is 91.8 Å². The van der Waals surface area contributed by atoms with E-state index in [1.165, 1.54) is 0 Å². The van der Waals surface area contributed by atoms with E-state index in [1.54, 1.807) is 0 Å². The molecule has 0 aromatic carbocycles. The van der Waals surface area contributed by atoms with Crippen LogP contribution in [0.3, 0.4) is 0 Å². The monoisotopic (exact) mass is 686 g/mol. The van der Waals surface area contributed by atoms with E-state index in [9.17, 15) is 43.6 Å². The summed E-state index contributed by atoms with van der Waals surface area (Å²) in [5.41, 5.74) is -1.83. The van der Waals surface area contributed by atoms with Gasteiger partial charge in [0, 0.05) is 12.3 Å². The molecule has 6 N–H and O–H groups in total. The number of ether oxygens (including phenoxy) is 2. The van der Waals surface area contributed by atoms with Crippen LogP contribution >= 0.6 is 0 Å². The van der Waals surface area contributed by atoms with E-state index in [1.807, 2.05) is 13.8 Å². The Hall–Kier alpha value is 0.550. The van der Waals surface area contributed by atoms with Crippen LogP contribution in [0, 0.1) is 46.3 Å². The van der Waals surface area contributed by atoms with Gasteiger partial charge >= 0.3 is 29.6 Å². The van der Waals surface area contributed by atoms with E-state index >= 15 is 0 Å². The van der Waals surface area contributed by atoms with E-state index in [4.69, 9.17) is 9.47 Å². The second kappa shape index (κ2) is 14.3. The van der Waals surface area contributed by atoms with Crippen LogP contribution in [0.2, 0.25) is 0 Å². The van der Waals surface area contributed by atoms with Crippen molar-refractivity contribution in [1.29, 1.82) is 0 Å². The van der Waals surface area contributed by atoms with Crippen molar-refractivity contribution in [2.75, 3.05) is 6.61 Å². The summed E-state index contributed by atoms with van der Waals surface area (Å²) in [6.07, 6.45) is -2.57. The van der Waals surface area contributed by atoms with Crippen molar-refractivity contribution in [1.82, 2.24) is 0 Å². The molecule has 262 valence electrons. The quantitative estimate of drug-likeness (QED) is 0.0927. The molecule has 46 heavy (non-hydrogen) atoms. The van der Waals surface area contributed by atoms with Crippen LogP contribution in [0.1, 0.15) is 92.4 Å². The predicted octanol–water partition coefficient (Wildman–Crippen LogP) is -1.55. The molecule has 5 fully saturated rings. The molecule has 14 heteroatoms. The van der Waals surface area contributed by atoms with Crippen LogP contribution < -0.4 is 29.6 Å². The molecule has 1 aliphatic heterocycles. The fraction of sp³-hybridized carbons (Fsp3) is 1.00. The second-order valence-corrected chi connectivity index (χ2v) is 17.0. The number of hydrogen-bond donors (Lipinski definition) is 6. The van der Waals surface area contributed by atoms with E-state index < -0.39 is 65.5 Å². The first kappa shape index (κ1) is 39.3. The Morgan fingerprint density at radius 2 is 1.59 bits per heavy atom. The van der Waals surface area contributed by atoms with E-state index in [0.29, 0.717) is 25.7 Å². The average Bonchev–Trinajstić information content (AvgIpc) is 3.21. The van der Waals surface area contributed by atoms with Crippen molar-refractivity contribution < 1.29 is 86.8 Å². The van der Waals surface area contributed by atoms with Crippen molar-refractivity contribution in [3.63, 3.8) is 0 Å². The number of rotatable bonds is 9. The van der Waals surface area contributed by atoms with Crippen LogP contribution in [0.15, 0.2) is 0 Å². The third-order valence-corrected chi connectivity index (χ3v) is 13.5. The van der Waals surface area contributed by atoms with Gasteiger partial charge in [-0.1, -0.05) is 34.6 Å². The van der Waals surface area contributed by atoms with Crippen LogP contribution in [0.25, 0.3) is 0 Å². The molecular formula is C32H55NaO12S. The summed E-state index contributed by atoms with van der Waals surface area (Å²) in [6.45, 7) is 10.0. The fourth-order valence-electron chi connectivity index (χ4n) is 10.9. The molecule has 4 saturated carbocycles. The molecule has 12 nitrogen and oxygen atoms in total. The van der Waals surface area contributed by atoms with Gasteiger partial charge in [0.15, 0.2) is 6.29 Å². The number of aliphatic hydroxyl groups excluding tert-OH is 5. The molecule has 5 aliphatic rings. The van der Waals surface area contributed by atoms with Gasteiger partial charge in [0.1, 0.15) is 18.3 Å². The normalized spacial score (nSPS) is 48.9. The molecule has 0 radical (unpaired) electrons. The summed E-state index contributed by atoms with van der Waals surface area (Å²) >= 11 is 0. The number of fused-ring (bicyclic) bond motifs is 5. The van der Waals surface area contributed by atoms with Gasteiger partial charge in [0.25, 0.3) is 0 Å². The average molecular weight is 687 g/mol. The predicted molar refractivity (Wildman–Crippen MR) is 160 cm³/mol. The third-order valence-electron chi connectivity index (χ3n) is 13.1. The third kappa shape index (κ3) is 7.17. The van der Waals surface area contributed by atoms with Gasteiger partial charge in [-0.2, -0.15) is 0 Å². The van der Waals surface area contributed by atoms with Crippen molar-refractivity contribution in [2.24, 2.45) is 46.3 Å². The van der Waals surface area contributed by atoms with Crippen LogP contribution in [0.4, 0.5) is 0 Å². The molecular weight excluding hydrogens is 631 g/mol. The number of hydrogen-bond acceptors (Lipinski definition) is 12. The Morgan fingerprint density at radius 3 is 2.22 bits per heavy atom. The first-order valence-corrected chi connectivity index (χ1v) is 18.2. The molecule has 5 rings (SSSR count). The van der Waals surface area contributed by atoms with Gasteiger partial charge in [-0.3, -0.25) is 4.18 Å². The molecule has 16 atom stereocenters. The summed E-state index contributed by atoms with van der Waals surface area (Å²) in [5.74, 6) is -0.194. The Morgan fingerprint density at radius 1 is 0.935 bits per heavy atom. The Labute approximate surface area is 295 Å². The Kier molecular flexibility index (Phi) is 12.2. The fourth-order valence-corrected chi connectivity index (χ4v) is 11.4. The number of aliphatic hydroxyl groups is 6.